The molecule has 1 atom stereocenters. The topological polar surface area (TPSA) is 58.3 Å². The van der Waals surface area contributed by atoms with E-state index in [0.717, 1.165) is 12.1 Å². The van der Waals surface area contributed by atoms with Crippen LogP contribution in [-0.2, 0) is 0 Å². The minimum Gasteiger partial charge on any atom is -0.508 e. The fraction of sp³-hybridized carbons (Fsp3) is 0.467. The van der Waals surface area contributed by atoms with Crippen molar-refractivity contribution in [2.45, 2.75) is 26.2 Å². The molecule has 0 aliphatic heterocycles. The van der Waals surface area contributed by atoms with E-state index in [1.165, 1.54) is 19.3 Å². The molecule has 0 saturated carbocycles. The number of rotatable bonds is 7. The molecule has 3 nitrogen and oxygen atoms in total. The van der Waals surface area contributed by atoms with E-state index >= 15 is 0 Å². The highest BCUT2D eigenvalue weighted by molar-refractivity contribution is 5.66. The van der Waals surface area contributed by atoms with Gasteiger partial charge in [0.1, 0.15) is 5.75 Å². The van der Waals surface area contributed by atoms with Gasteiger partial charge >= 0.3 is 0 Å². The molecule has 100 valence electrons. The Hall–Kier alpha value is -1.48. The van der Waals surface area contributed by atoms with Crippen molar-refractivity contribution in [1.29, 1.82) is 0 Å². The van der Waals surface area contributed by atoms with Gasteiger partial charge in [0, 0.05) is 11.3 Å². The summed E-state index contributed by atoms with van der Waals surface area (Å²) < 4.78 is 0. The number of phenols is 1. The van der Waals surface area contributed by atoms with E-state index in [2.05, 4.69) is 18.3 Å². The number of unbranched alkanes of at least 4 members (excludes halogenated alkanes) is 1. The number of allylic oxidation sites excluding steroid dienone is 1. The molecule has 0 heterocycles. The van der Waals surface area contributed by atoms with Crippen molar-refractivity contribution in [3.8, 4) is 5.75 Å². The maximum atomic E-state index is 9.41. The average molecular weight is 248 g/mol. The Morgan fingerprint density at radius 1 is 1.39 bits per heavy atom. The van der Waals surface area contributed by atoms with Crippen LogP contribution in [0.4, 0.5) is 5.69 Å². The second-order valence-corrected chi connectivity index (χ2v) is 4.75. The lowest BCUT2D eigenvalue weighted by Crippen LogP contribution is -2.07. The number of phenolic OH excluding ortho intramolecular Hbond substituents is 1. The molecule has 0 amide bonds. The van der Waals surface area contributed by atoms with Crippen LogP contribution < -0.4 is 11.1 Å². The van der Waals surface area contributed by atoms with Gasteiger partial charge in [-0.1, -0.05) is 25.5 Å². The summed E-state index contributed by atoms with van der Waals surface area (Å²) in [5.74, 6) is 0.786. The second-order valence-electron chi connectivity index (χ2n) is 4.75. The first kappa shape index (κ1) is 14.6. The molecule has 4 N–H and O–H groups in total. The zero-order valence-electron chi connectivity index (χ0n) is 11.3. The summed E-state index contributed by atoms with van der Waals surface area (Å²) in [5, 5.41) is 12.6. The van der Waals surface area contributed by atoms with Gasteiger partial charge in [0.15, 0.2) is 0 Å². The molecule has 3 heteroatoms. The van der Waals surface area contributed by atoms with Gasteiger partial charge in [-0.3, -0.25) is 0 Å². The fourth-order valence-electron chi connectivity index (χ4n) is 1.84. The number of nitrogens with two attached hydrogens (primary N) is 1. The van der Waals surface area contributed by atoms with Crippen LogP contribution in [0.1, 0.15) is 31.7 Å². The molecule has 0 radical (unpaired) electrons. The number of nitrogens with one attached hydrogen (secondary N) is 1. The summed E-state index contributed by atoms with van der Waals surface area (Å²) in [7, 11) is 1.98. The normalized spacial score (nSPS) is 13.0. The molecule has 0 spiro atoms. The number of hydrogen-bond acceptors (Lipinski definition) is 3. The largest absolute Gasteiger partial charge is 0.508 e. The molecular weight excluding hydrogens is 224 g/mol. The predicted octanol–water partition coefficient (Wildman–Crippen LogP) is 3.01. The summed E-state index contributed by atoms with van der Waals surface area (Å²) in [5.41, 5.74) is 7.43. The van der Waals surface area contributed by atoms with Crippen molar-refractivity contribution >= 4 is 11.8 Å². The molecule has 18 heavy (non-hydrogen) atoms. The van der Waals surface area contributed by atoms with Gasteiger partial charge < -0.3 is 16.2 Å². The second kappa shape index (κ2) is 7.77. The van der Waals surface area contributed by atoms with Crippen LogP contribution in [0, 0.1) is 5.92 Å². The molecule has 1 aromatic rings. The van der Waals surface area contributed by atoms with Crippen molar-refractivity contribution in [3.63, 3.8) is 0 Å². The summed E-state index contributed by atoms with van der Waals surface area (Å²) in [6.45, 7) is 3.28. The van der Waals surface area contributed by atoms with Crippen LogP contribution in [0.5, 0.6) is 5.75 Å². The van der Waals surface area contributed by atoms with Gasteiger partial charge in [-0.2, -0.15) is 0 Å². The third-order valence-corrected chi connectivity index (χ3v) is 3.01. The van der Waals surface area contributed by atoms with Gasteiger partial charge in [-0.15, -0.1) is 0 Å². The van der Waals surface area contributed by atoms with Crippen LogP contribution in [0.3, 0.4) is 0 Å². The number of benzene rings is 1. The van der Waals surface area contributed by atoms with E-state index in [1.54, 1.807) is 18.2 Å². The molecule has 1 unspecified atom stereocenters. The Morgan fingerprint density at radius 2 is 2.17 bits per heavy atom. The number of hydrogen-bond donors (Lipinski definition) is 3. The van der Waals surface area contributed by atoms with Crippen molar-refractivity contribution in [1.82, 2.24) is 5.32 Å². The minimum absolute atomic E-state index is 0.255. The van der Waals surface area contributed by atoms with E-state index in [9.17, 15) is 5.11 Å². The minimum atomic E-state index is 0.255. The first-order chi connectivity index (χ1) is 8.63. The Balaban J connectivity index is 2.45. The Kier molecular flexibility index (Phi) is 6.29. The maximum absolute atomic E-state index is 9.41. The Bertz CT molecular complexity index is 388. The molecular formula is C15H24N2O. The predicted molar refractivity (Wildman–Crippen MR) is 78.5 cm³/mol. The number of nitrogen functional groups attached to an aromatic ring is 1. The smallest absolute Gasteiger partial charge is 0.116 e. The van der Waals surface area contributed by atoms with E-state index < -0.39 is 0 Å². The maximum Gasteiger partial charge on any atom is 0.116 e. The highest BCUT2D eigenvalue weighted by Gasteiger charge is 1.99. The van der Waals surface area contributed by atoms with E-state index in [-0.39, 0.29) is 5.75 Å². The molecule has 0 fully saturated rings. The average Bonchev–Trinajstić information content (AvgIpc) is 2.36. The van der Waals surface area contributed by atoms with Crippen molar-refractivity contribution in [2.75, 3.05) is 19.3 Å². The molecule has 1 rings (SSSR count). The lowest BCUT2D eigenvalue weighted by molar-refractivity contribution is 0.475. The Morgan fingerprint density at radius 3 is 2.89 bits per heavy atom. The van der Waals surface area contributed by atoms with Crippen LogP contribution in [0.15, 0.2) is 24.3 Å². The van der Waals surface area contributed by atoms with Gasteiger partial charge in [0.25, 0.3) is 0 Å². The monoisotopic (exact) mass is 248 g/mol. The van der Waals surface area contributed by atoms with Gasteiger partial charge in [-0.25, -0.2) is 0 Å². The molecule has 0 aliphatic carbocycles. The summed E-state index contributed by atoms with van der Waals surface area (Å²) >= 11 is 0. The van der Waals surface area contributed by atoms with E-state index in [0.29, 0.717) is 11.6 Å². The molecule has 0 bridgehead atoms. The number of anilines is 1. The number of aromatic hydroxyl groups is 1. The summed E-state index contributed by atoms with van der Waals surface area (Å²) in [6, 6.07) is 5.03. The standard InChI is InChI=1S/C15H24N2O/c1-12(5-3-4-10-17-2)6-7-13-11-14(18)8-9-15(13)16/h6-9,11-12,17-18H,3-5,10,16H2,1-2H3. The summed E-state index contributed by atoms with van der Waals surface area (Å²) in [4.78, 5) is 0. The van der Waals surface area contributed by atoms with Crippen molar-refractivity contribution in [2.24, 2.45) is 5.92 Å². The quantitative estimate of drug-likeness (QED) is 0.395. The molecule has 1 aromatic carbocycles. The van der Waals surface area contributed by atoms with Gasteiger partial charge in [0.2, 0.25) is 0 Å². The first-order valence-electron chi connectivity index (χ1n) is 6.54. The zero-order valence-corrected chi connectivity index (χ0v) is 11.3. The van der Waals surface area contributed by atoms with Crippen molar-refractivity contribution in [3.05, 3.63) is 29.8 Å². The third kappa shape index (κ3) is 5.23. The van der Waals surface area contributed by atoms with Gasteiger partial charge in [-0.05, 0) is 50.6 Å². The van der Waals surface area contributed by atoms with Crippen LogP contribution in [0.25, 0.3) is 6.08 Å². The molecule has 0 saturated heterocycles. The van der Waals surface area contributed by atoms with Crippen molar-refractivity contribution < 1.29 is 5.11 Å². The summed E-state index contributed by atoms with van der Waals surface area (Å²) in [6.07, 6.45) is 7.77. The zero-order chi connectivity index (χ0) is 13.4. The van der Waals surface area contributed by atoms with Crippen LogP contribution >= 0.6 is 0 Å². The van der Waals surface area contributed by atoms with Gasteiger partial charge in [0.05, 0.1) is 0 Å². The first-order valence-corrected chi connectivity index (χ1v) is 6.54. The van der Waals surface area contributed by atoms with E-state index in [4.69, 9.17) is 5.73 Å². The third-order valence-electron chi connectivity index (χ3n) is 3.01. The molecule has 0 aliphatic rings. The highest BCUT2D eigenvalue weighted by Crippen LogP contribution is 2.21. The van der Waals surface area contributed by atoms with E-state index in [1.807, 2.05) is 13.1 Å². The fourth-order valence-corrected chi connectivity index (χ4v) is 1.84. The molecule has 0 aromatic heterocycles. The highest BCUT2D eigenvalue weighted by atomic mass is 16.3. The Labute approximate surface area is 110 Å². The lowest BCUT2D eigenvalue weighted by atomic mass is 10.0. The van der Waals surface area contributed by atoms with Crippen LogP contribution in [0.2, 0.25) is 0 Å². The lowest BCUT2D eigenvalue weighted by Gasteiger charge is -2.06. The van der Waals surface area contributed by atoms with Crippen LogP contribution in [-0.4, -0.2) is 18.7 Å². The SMILES string of the molecule is CNCCCCC(C)C=Cc1cc(O)ccc1N.